The summed E-state index contributed by atoms with van der Waals surface area (Å²) in [4.78, 5) is 31.9. The number of primary amides is 1. The molecule has 0 fully saturated rings. The Hall–Kier alpha value is -4.79. The first-order valence-electron chi connectivity index (χ1n) is 12.5. The van der Waals surface area contributed by atoms with Crippen LogP contribution in [0.2, 0.25) is 0 Å². The summed E-state index contributed by atoms with van der Waals surface area (Å²) in [6.07, 6.45) is -5.43. The fourth-order valence-corrected chi connectivity index (χ4v) is 4.69. The molecule has 0 saturated carbocycles. The van der Waals surface area contributed by atoms with Gasteiger partial charge in [-0.1, -0.05) is 6.07 Å². The zero-order chi connectivity index (χ0) is 31.3. The van der Waals surface area contributed by atoms with E-state index in [0.29, 0.717) is 0 Å². The van der Waals surface area contributed by atoms with Gasteiger partial charge in [0.25, 0.3) is 5.91 Å². The van der Waals surface area contributed by atoms with Crippen LogP contribution in [0.1, 0.15) is 28.7 Å². The molecule has 0 aliphatic carbocycles. The van der Waals surface area contributed by atoms with Crippen molar-refractivity contribution in [3.05, 3.63) is 77.4 Å². The number of nitrogens with zero attached hydrogens (tertiary/aromatic N) is 1. The fourth-order valence-electron chi connectivity index (χ4n) is 4.69. The highest BCUT2D eigenvalue weighted by Gasteiger charge is 2.57. The number of hydrogen-bond donors (Lipinski definition) is 4. The van der Waals surface area contributed by atoms with Crippen LogP contribution in [0.5, 0.6) is 11.5 Å². The van der Waals surface area contributed by atoms with Crippen molar-refractivity contribution in [1.29, 1.82) is 0 Å². The highest BCUT2D eigenvalue weighted by atomic mass is 19.4. The van der Waals surface area contributed by atoms with E-state index in [1.807, 2.05) is 5.32 Å². The lowest BCUT2D eigenvalue weighted by Gasteiger charge is -2.31. The molecule has 9 nitrogen and oxygen atoms in total. The first-order chi connectivity index (χ1) is 20.1. The van der Waals surface area contributed by atoms with E-state index in [1.54, 1.807) is 0 Å². The molecule has 0 radical (unpaired) electrons. The number of carbonyl (C=O) groups excluding carboxylic acids is 2. The van der Waals surface area contributed by atoms with Gasteiger partial charge in [-0.25, -0.2) is 9.37 Å². The number of rotatable bonds is 8. The van der Waals surface area contributed by atoms with E-state index in [9.17, 15) is 41.0 Å². The van der Waals surface area contributed by atoms with Crippen molar-refractivity contribution < 1.29 is 50.5 Å². The van der Waals surface area contributed by atoms with Gasteiger partial charge in [-0.2, -0.15) is 22.0 Å². The quantitative estimate of drug-likeness (QED) is 0.220. The minimum Gasteiger partial charge on any atom is -0.489 e. The average molecular weight is 608 g/mol. The number of H-pyrrole nitrogens is 1. The summed E-state index contributed by atoms with van der Waals surface area (Å²) in [7, 11) is 0. The number of benzene rings is 2. The zero-order valence-electron chi connectivity index (χ0n) is 22.1. The number of halogens is 6. The number of nitrogens with one attached hydrogen (secondary N) is 2. The summed E-state index contributed by atoms with van der Waals surface area (Å²) in [6.45, 7) is -3.61. The molecule has 2 aromatic carbocycles. The number of aliphatic hydroxyl groups is 1. The maximum Gasteiger partial charge on any atom is 0.424 e. The summed E-state index contributed by atoms with van der Waals surface area (Å²) in [5, 5.41) is 13.2. The summed E-state index contributed by atoms with van der Waals surface area (Å²) < 4.78 is 92.9. The van der Waals surface area contributed by atoms with Gasteiger partial charge in [0.1, 0.15) is 40.7 Å². The molecule has 1 aliphatic rings. The second-order valence-corrected chi connectivity index (χ2v) is 10.0. The van der Waals surface area contributed by atoms with E-state index in [4.69, 9.17) is 10.5 Å². The number of nitrogens with two attached hydrogens (primary N) is 1. The van der Waals surface area contributed by atoms with Crippen LogP contribution < -0.4 is 20.5 Å². The maximum atomic E-state index is 14.6. The molecule has 5 N–H and O–H groups in total. The van der Waals surface area contributed by atoms with Crippen LogP contribution in [0.25, 0.3) is 22.2 Å². The van der Waals surface area contributed by atoms with E-state index < -0.39 is 53.7 Å². The monoisotopic (exact) mass is 608 g/mol. The van der Waals surface area contributed by atoms with Gasteiger partial charge in [-0.15, -0.1) is 0 Å². The molecular weight excluding hydrogens is 586 g/mol. The molecule has 1 unspecified atom stereocenters. The van der Waals surface area contributed by atoms with E-state index in [-0.39, 0.29) is 51.5 Å². The zero-order valence-corrected chi connectivity index (χ0v) is 22.1. The molecule has 0 saturated heterocycles. The fraction of sp³-hybridized carbons (Fsp3) is 0.250. The number of carbonyl (C=O) groups is 2. The molecule has 2 amide bonds. The van der Waals surface area contributed by atoms with Gasteiger partial charge in [-0.05, 0) is 55.5 Å². The van der Waals surface area contributed by atoms with Crippen LogP contribution in [-0.2, 0) is 15.8 Å². The Kier molecular flexibility index (Phi) is 7.24. The van der Waals surface area contributed by atoms with Crippen molar-refractivity contribution in [2.75, 3.05) is 13.2 Å². The van der Waals surface area contributed by atoms with Crippen molar-refractivity contribution in [1.82, 2.24) is 15.3 Å². The van der Waals surface area contributed by atoms with Crippen molar-refractivity contribution in [3.63, 3.8) is 0 Å². The number of alkyl halides is 5. The molecule has 43 heavy (non-hydrogen) atoms. The molecule has 1 aliphatic heterocycles. The summed E-state index contributed by atoms with van der Waals surface area (Å²) in [5.74, 6) is -3.03. The SMILES string of the molecule is C[C@]1(C(N)=O)COc2c1cc(C(O)(CNC(=O)c1cc3c(OC(F)F)cccc3[nH]1)C(F)(F)F)nc2-c1ccc(F)cc1. The van der Waals surface area contributed by atoms with Crippen LogP contribution in [-0.4, -0.2) is 52.8 Å². The molecule has 2 atom stereocenters. The van der Waals surface area contributed by atoms with Crippen molar-refractivity contribution >= 4 is 22.7 Å². The number of fused-ring (bicyclic) bond motifs is 2. The Morgan fingerprint density at radius 1 is 1.19 bits per heavy atom. The molecule has 4 aromatic rings. The number of hydrogen-bond acceptors (Lipinski definition) is 6. The lowest BCUT2D eigenvalue weighted by molar-refractivity contribution is -0.265. The second-order valence-electron chi connectivity index (χ2n) is 10.0. The number of amides is 2. The topological polar surface area (TPSA) is 140 Å². The minimum absolute atomic E-state index is 0.0639. The van der Waals surface area contributed by atoms with Crippen LogP contribution >= 0.6 is 0 Å². The molecule has 226 valence electrons. The Morgan fingerprint density at radius 3 is 2.51 bits per heavy atom. The largest absolute Gasteiger partial charge is 0.489 e. The van der Waals surface area contributed by atoms with Gasteiger partial charge in [0.2, 0.25) is 11.5 Å². The number of aromatic nitrogens is 2. The minimum atomic E-state index is -5.43. The summed E-state index contributed by atoms with van der Waals surface area (Å²) in [5.41, 5.74) is -1.22. The highest BCUT2D eigenvalue weighted by Crippen LogP contribution is 2.47. The first kappa shape index (κ1) is 29.7. The molecule has 3 heterocycles. The normalized spacial score (nSPS) is 17.8. The standard InChI is InChI=1S/C28H22F6N4O5/c1-26(24(35)40)12-42-22-16(26)10-20(38-21(22)13-5-7-14(29)8-6-13)27(41,28(32,33)34)11-36-23(39)18-9-15-17(37-18)3-2-4-19(15)43-25(30)31/h2-10,25,37,41H,11-12H2,1H3,(H2,35,40)(H,36,39)/t26-,27?/m0/s1. The van der Waals surface area contributed by atoms with E-state index >= 15 is 0 Å². The molecule has 15 heteroatoms. The van der Waals surface area contributed by atoms with Gasteiger partial charge in [0.05, 0.1) is 12.2 Å². The lowest BCUT2D eigenvalue weighted by Crippen LogP contribution is -2.52. The van der Waals surface area contributed by atoms with Crippen LogP contribution in [0, 0.1) is 5.82 Å². The van der Waals surface area contributed by atoms with E-state index in [2.05, 4.69) is 14.7 Å². The van der Waals surface area contributed by atoms with Crippen molar-refractivity contribution in [2.24, 2.45) is 5.73 Å². The van der Waals surface area contributed by atoms with Gasteiger partial charge in [0, 0.05) is 22.0 Å². The smallest absolute Gasteiger partial charge is 0.424 e. The molecule has 5 rings (SSSR count). The molecule has 0 bridgehead atoms. The molecular formula is C28H22F6N4O5. The molecule has 2 aromatic heterocycles. The average Bonchev–Trinajstić information content (AvgIpc) is 3.54. The lowest BCUT2D eigenvalue weighted by atomic mass is 9.81. The van der Waals surface area contributed by atoms with Gasteiger partial charge < -0.3 is 30.6 Å². The molecule has 0 spiro atoms. The van der Waals surface area contributed by atoms with Crippen LogP contribution in [0.15, 0.2) is 54.6 Å². The summed E-state index contributed by atoms with van der Waals surface area (Å²) >= 11 is 0. The van der Waals surface area contributed by atoms with Crippen LogP contribution in [0.4, 0.5) is 26.3 Å². The number of pyridine rings is 1. The predicted octanol–water partition coefficient (Wildman–Crippen LogP) is 4.29. The Balaban J connectivity index is 1.55. The summed E-state index contributed by atoms with van der Waals surface area (Å²) in [6, 6.07) is 10.5. The van der Waals surface area contributed by atoms with E-state index in [0.717, 1.165) is 24.3 Å². The van der Waals surface area contributed by atoms with Crippen molar-refractivity contribution in [3.8, 4) is 22.8 Å². The number of aromatic amines is 1. The third-order valence-electron chi connectivity index (χ3n) is 7.22. The maximum absolute atomic E-state index is 14.6. The first-order valence-corrected chi connectivity index (χ1v) is 12.5. The predicted molar refractivity (Wildman–Crippen MR) is 139 cm³/mol. The second kappa shape index (κ2) is 10.5. The Bertz CT molecular complexity index is 1730. The van der Waals surface area contributed by atoms with Gasteiger partial charge >= 0.3 is 12.8 Å². The Morgan fingerprint density at radius 2 is 1.88 bits per heavy atom. The van der Waals surface area contributed by atoms with Crippen molar-refractivity contribution in [2.45, 2.75) is 30.7 Å². The Labute approximate surface area is 238 Å². The third kappa shape index (κ3) is 5.20. The van der Waals surface area contributed by atoms with Gasteiger partial charge in [0.15, 0.2) is 0 Å². The number of ether oxygens (including phenoxy) is 2. The van der Waals surface area contributed by atoms with E-state index in [1.165, 1.54) is 37.3 Å². The third-order valence-corrected chi connectivity index (χ3v) is 7.22. The highest BCUT2D eigenvalue weighted by molar-refractivity contribution is 5.99. The van der Waals surface area contributed by atoms with Crippen LogP contribution in [0.3, 0.4) is 0 Å². The van der Waals surface area contributed by atoms with Gasteiger partial charge in [-0.3, -0.25) is 9.59 Å².